The van der Waals surface area contributed by atoms with E-state index < -0.39 is 17.5 Å². The molecule has 1 aliphatic carbocycles. The Kier molecular flexibility index (Phi) is 4.80. The molecular formula is C16H23NO4. The van der Waals surface area contributed by atoms with Gasteiger partial charge in [-0.2, -0.15) is 0 Å². The van der Waals surface area contributed by atoms with Crippen molar-refractivity contribution in [3.63, 3.8) is 0 Å². The van der Waals surface area contributed by atoms with Gasteiger partial charge in [0.1, 0.15) is 6.10 Å². The van der Waals surface area contributed by atoms with Gasteiger partial charge in [-0.1, -0.05) is 32.3 Å². The Morgan fingerprint density at radius 3 is 2.52 bits per heavy atom. The summed E-state index contributed by atoms with van der Waals surface area (Å²) in [5.41, 5.74) is -0.568. The lowest BCUT2D eigenvalue weighted by atomic mass is 9.74. The lowest BCUT2D eigenvalue weighted by Crippen LogP contribution is -2.44. The Labute approximate surface area is 125 Å². The predicted octanol–water partition coefficient (Wildman–Crippen LogP) is 2.25. The number of esters is 1. The Hall–Kier alpha value is -1.65. The first kappa shape index (κ1) is 15.7. The van der Waals surface area contributed by atoms with Gasteiger partial charge in [0.15, 0.2) is 0 Å². The van der Waals surface area contributed by atoms with Crippen molar-refractivity contribution >= 4 is 17.8 Å². The molecule has 1 aliphatic heterocycles. The van der Waals surface area contributed by atoms with Gasteiger partial charge in [0.2, 0.25) is 11.8 Å². The van der Waals surface area contributed by atoms with Gasteiger partial charge < -0.3 is 4.74 Å². The third-order valence-electron chi connectivity index (χ3n) is 4.48. The van der Waals surface area contributed by atoms with Crippen LogP contribution < -0.4 is 5.32 Å². The molecule has 0 aromatic heterocycles. The van der Waals surface area contributed by atoms with Crippen LogP contribution in [-0.2, 0) is 19.1 Å². The fourth-order valence-electron chi connectivity index (χ4n) is 3.26. The van der Waals surface area contributed by atoms with Crippen LogP contribution in [0.5, 0.6) is 0 Å². The van der Waals surface area contributed by atoms with Crippen LogP contribution in [0, 0.1) is 5.41 Å². The smallest absolute Gasteiger partial charge is 0.333 e. The van der Waals surface area contributed by atoms with Crippen LogP contribution >= 0.6 is 0 Å². The van der Waals surface area contributed by atoms with Crippen molar-refractivity contribution < 1.29 is 19.1 Å². The third kappa shape index (κ3) is 3.34. The quantitative estimate of drug-likeness (QED) is 0.481. The van der Waals surface area contributed by atoms with Gasteiger partial charge in [-0.05, 0) is 26.2 Å². The zero-order valence-electron chi connectivity index (χ0n) is 12.6. The number of hydrogen-bond acceptors (Lipinski definition) is 4. The SMILES string of the molecule is C=C(C)C(=O)OC1CCCCCCCC12CC(=O)NC2=O. The number of rotatable bonds is 2. The van der Waals surface area contributed by atoms with E-state index in [1.165, 1.54) is 0 Å². The maximum Gasteiger partial charge on any atom is 0.333 e. The molecular weight excluding hydrogens is 270 g/mol. The van der Waals surface area contributed by atoms with Crippen LogP contribution in [0.3, 0.4) is 0 Å². The number of hydrogen-bond donors (Lipinski definition) is 1. The highest BCUT2D eigenvalue weighted by atomic mass is 16.5. The van der Waals surface area contributed by atoms with Crippen LogP contribution in [0.4, 0.5) is 0 Å². The Bertz CT molecular complexity index is 471. The molecule has 1 saturated carbocycles. The molecule has 21 heavy (non-hydrogen) atoms. The van der Waals surface area contributed by atoms with Crippen LogP contribution in [-0.4, -0.2) is 23.9 Å². The molecule has 2 unspecified atom stereocenters. The number of carbonyl (C=O) groups excluding carboxylic acids is 3. The van der Waals surface area contributed by atoms with Gasteiger partial charge in [0.25, 0.3) is 0 Å². The minimum absolute atomic E-state index is 0.125. The van der Waals surface area contributed by atoms with Gasteiger partial charge in [-0.15, -0.1) is 0 Å². The summed E-state index contributed by atoms with van der Waals surface area (Å²) in [7, 11) is 0. The van der Waals surface area contributed by atoms with E-state index in [0.717, 1.165) is 32.1 Å². The number of amides is 2. The lowest BCUT2D eigenvalue weighted by molar-refractivity contribution is -0.157. The average Bonchev–Trinajstić information content (AvgIpc) is 2.75. The third-order valence-corrected chi connectivity index (χ3v) is 4.48. The van der Waals surface area contributed by atoms with Gasteiger partial charge in [-0.25, -0.2) is 4.79 Å². The van der Waals surface area contributed by atoms with Crippen molar-refractivity contribution in [1.82, 2.24) is 5.32 Å². The highest BCUT2D eigenvalue weighted by molar-refractivity contribution is 6.06. The van der Waals surface area contributed by atoms with E-state index in [9.17, 15) is 14.4 Å². The molecule has 2 amide bonds. The fourth-order valence-corrected chi connectivity index (χ4v) is 3.26. The van der Waals surface area contributed by atoms with Crippen LogP contribution in [0.25, 0.3) is 0 Å². The molecule has 2 aliphatic rings. The summed E-state index contributed by atoms with van der Waals surface area (Å²) >= 11 is 0. The summed E-state index contributed by atoms with van der Waals surface area (Å²) in [5, 5.41) is 2.39. The van der Waals surface area contributed by atoms with Crippen LogP contribution in [0.15, 0.2) is 12.2 Å². The second-order valence-electron chi connectivity index (χ2n) is 6.19. The molecule has 5 nitrogen and oxygen atoms in total. The number of imide groups is 1. The van der Waals surface area contributed by atoms with Crippen molar-refractivity contribution in [1.29, 1.82) is 0 Å². The maximum atomic E-state index is 12.4. The maximum absolute atomic E-state index is 12.4. The van der Waals surface area contributed by atoms with Gasteiger partial charge in [-0.3, -0.25) is 14.9 Å². The molecule has 2 rings (SSSR count). The van der Waals surface area contributed by atoms with Crippen molar-refractivity contribution in [2.75, 3.05) is 0 Å². The van der Waals surface area contributed by atoms with E-state index in [1.54, 1.807) is 6.92 Å². The highest BCUT2D eigenvalue weighted by Crippen LogP contribution is 2.42. The first-order valence-electron chi connectivity index (χ1n) is 7.66. The molecule has 1 spiro atoms. The molecule has 2 fully saturated rings. The highest BCUT2D eigenvalue weighted by Gasteiger charge is 2.53. The molecule has 116 valence electrons. The monoisotopic (exact) mass is 293 g/mol. The van der Waals surface area contributed by atoms with E-state index in [2.05, 4.69) is 11.9 Å². The average molecular weight is 293 g/mol. The summed E-state index contributed by atoms with van der Waals surface area (Å²) in [5.74, 6) is -1.03. The summed E-state index contributed by atoms with van der Waals surface area (Å²) in [6.45, 7) is 5.18. The normalized spacial score (nSPS) is 30.2. The molecule has 0 aromatic rings. The van der Waals surface area contributed by atoms with Crippen molar-refractivity contribution in [2.45, 2.75) is 64.4 Å². The Morgan fingerprint density at radius 1 is 1.24 bits per heavy atom. The zero-order valence-corrected chi connectivity index (χ0v) is 12.6. The Balaban J connectivity index is 2.27. The van der Waals surface area contributed by atoms with E-state index >= 15 is 0 Å². The largest absolute Gasteiger partial charge is 0.458 e. The molecule has 0 radical (unpaired) electrons. The molecule has 5 heteroatoms. The van der Waals surface area contributed by atoms with E-state index in [1.807, 2.05) is 0 Å². The van der Waals surface area contributed by atoms with E-state index in [0.29, 0.717) is 18.4 Å². The summed E-state index contributed by atoms with van der Waals surface area (Å²) in [6.07, 6.45) is 5.81. The van der Waals surface area contributed by atoms with Crippen molar-refractivity contribution in [3.05, 3.63) is 12.2 Å². The minimum Gasteiger partial charge on any atom is -0.458 e. The van der Waals surface area contributed by atoms with Gasteiger partial charge in [0.05, 0.1) is 5.41 Å². The van der Waals surface area contributed by atoms with E-state index in [-0.39, 0.29) is 18.2 Å². The summed E-state index contributed by atoms with van der Waals surface area (Å²) < 4.78 is 5.55. The molecule has 1 heterocycles. The number of ether oxygens (including phenoxy) is 1. The number of carbonyl (C=O) groups is 3. The molecule has 1 N–H and O–H groups in total. The van der Waals surface area contributed by atoms with Gasteiger partial charge >= 0.3 is 5.97 Å². The minimum atomic E-state index is -0.882. The number of nitrogens with one attached hydrogen (secondary N) is 1. The molecule has 1 saturated heterocycles. The van der Waals surface area contributed by atoms with Crippen LogP contribution in [0.2, 0.25) is 0 Å². The second-order valence-corrected chi connectivity index (χ2v) is 6.19. The predicted molar refractivity (Wildman–Crippen MR) is 77.2 cm³/mol. The molecule has 0 bridgehead atoms. The fraction of sp³-hybridized carbons (Fsp3) is 0.688. The van der Waals surface area contributed by atoms with Crippen molar-refractivity contribution in [2.24, 2.45) is 5.41 Å². The lowest BCUT2D eigenvalue weighted by Gasteiger charge is -2.33. The molecule has 2 atom stereocenters. The molecule has 0 aromatic carbocycles. The van der Waals surface area contributed by atoms with E-state index in [4.69, 9.17) is 4.74 Å². The summed E-state index contributed by atoms with van der Waals surface area (Å²) in [4.78, 5) is 35.9. The van der Waals surface area contributed by atoms with Crippen LogP contribution in [0.1, 0.15) is 58.3 Å². The Morgan fingerprint density at radius 2 is 1.90 bits per heavy atom. The first-order valence-corrected chi connectivity index (χ1v) is 7.66. The topological polar surface area (TPSA) is 72.5 Å². The van der Waals surface area contributed by atoms with Gasteiger partial charge in [0, 0.05) is 12.0 Å². The first-order chi connectivity index (χ1) is 9.95. The standard InChI is InChI=1S/C16H23NO4/c1-11(2)14(19)21-12-8-6-4-3-5-7-9-16(12)10-13(18)17-15(16)20/h12H,1,3-10H2,2H3,(H,17,18,20). The summed E-state index contributed by atoms with van der Waals surface area (Å²) in [6, 6.07) is 0. The second kappa shape index (κ2) is 6.41. The van der Waals surface area contributed by atoms with Crippen molar-refractivity contribution in [3.8, 4) is 0 Å². The zero-order chi connectivity index (χ0) is 15.5.